The lowest BCUT2D eigenvalue weighted by molar-refractivity contribution is -0.149. The second-order valence-electron chi connectivity index (χ2n) is 7.22. The van der Waals surface area contributed by atoms with Crippen molar-refractivity contribution in [2.45, 2.75) is 57.5 Å². The van der Waals surface area contributed by atoms with Gasteiger partial charge >= 0.3 is 11.9 Å². The molecule has 3 aliphatic rings. The molecule has 0 aromatic carbocycles. The van der Waals surface area contributed by atoms with Gasteiger partial charge in [0.25, 0.3) is 0 Å². The van der Waals surface area contributed by atoms with Crippen molar-refractivity contribution in [2.75, 3.05) is 0 Å². The molecule has 0 radical (unpaired) electrons. The van der Waals surface area contributed by atoms with Crippen LogP contribution in [-0.4, -0.2) is 41.6 Å². The first-order valence-electron chi connectivity index (χ1n) is 8.28. The molecular formula is C19H22O6. The third kappa shape index (κ3) is 2.95. The van der Waals surface area contributed by atoms with Crippen molar-refractivity contribution in [1.82, 2.24) is 0 Å². The summed E-state index contributed by atoms with van der Waals surface area (Å²) in [5, 5.41) is 0. The predicted molar refractivity (Wildman–Crippen MR) is 88.5 cm³/mol. The van der Waals surface area contributed by atoms with Crippen LogP contribution >= 0.6 is 0 Å². The Hall–Kier alpha value is -2.21. The van der Waals surface area contributed by atoms with Crippen molar-refractivity contribution in [3.05, 3.63) is 36.0 Å². The van der Waals surface area contributed by atoms with Gasteiger partial charge in [-0.15, -0.1) is 0 Å². The van der Waals surface area contributed by atoms with Crippen LogP contribution in [0.4, 0.5) is 0 Å². The largest absolute Gasteiger partial charge is 0.458 e. The second kappa shape index (κ2) is 5.95. The van der Waals surface area contributed by atoms with Crippen LogP contribution in [0.1, 0.15) is 33.6 Å². The van der Waals surface area contributed by atoms with Gasteiger partial charge in [0.1, 0.15) is 17.8 Å². The summed E-state index contributed by atoms with van der Waals surface area (Å²) in [5.41, 5.74) is 0.255. The molecule has 134 valence electrons. The van der Waals surface area contributed by atoms with Gasteiger partial charge in [0.15, 0.2) is 5.78 Å². The fourth-order valence-corrected chi connectivity index (χ4v) is 3.63. The summed E-state index contributed by atoms with van der Waals surface area (Å²) in [6.45, 7) is 12.5. The zero-order chi connectivity index (χ0) is 18.5. The van der Waals surface area contributed by atoms with E-state index >= 15 is 0 Å². The van der Waals surface area contributed by atoms with Crippen LogP contribution in [0.15, 0.2) is 36.0 Å². The zero-order valence-electron chi connectivity index (χ0n) is 14.7. The molecule has 2 fully saturated rings. The first kappa shape index (κ1) is 17.6. The Morgan fingerprint density at radius 3 is 2.72 bits per heavy atom. The van der Waals surface area contributed by atoms with E-state index in [0.29, 0.717) is 0 Å². The van der Waals surface area contributed by atoms with Crippen molar-refractivity contribution in [3.8, 4) is 0 Å². The second-order valence-corrected chi connectivity index (χ2v) is 7.22. The van der Waals surface area contributed by atoms with Crippen molar-refractivity contribution in [1.29, 1.82) is 0 Å². The summed E-state index contributed by atoms with van der Waals surface area (Å²) in [7, 11) is 0. The fraction of sp³-hybridized carbons (Fsp3) is 0.526. The van der Waals surface area contributed by atoms with E-state index in [0.717, 1.165) is 5.57 Å². The monoisotopic (exact) mass is 346 g/mol. The van der Waals surface area contributed by atoms with Gasteiger partial charge in [0.2, 0.25) is 0 Å². The molecule has 25 heavy (non-hydrogen) atoms. The number of hydrogen-bond acceptors (Lipinski definition) is 6. The molecule has 3 heterocycles. The van der Waals surface area contributed by atoms with E-state index in [-0.39, 0.29) is 35.9 Å². The lowest BCUT2D eigenvalue weighted by Crippen LogP contribution is -2.40. The first-order chi connectivity index (χ1) is 11.6. The Kier molecular flexibility index (Phi) is 4.19. The first-order valence-corrected chi connectivity index (χ1v) is 8.28. The summed E-state index contributed by atoms with van der Waals surface area (Å²) >= 11 is 0. The molecule has 2 bridgehead atoms. The van der Waals surface area contributed by atoms with E-state index in [1.54, 1.807) is 19.9 Å². The van der Waals surface area contributed by atoms with Crippen LogP contribution in [0, 0.1) is 5.92 Å². The van der Waals surface area contributed by atoms with E-state index in [1.807, 2.05) is 6.92 Å². The van der Waals surface area contributed by atoms with Crippen LogP contribution in [0.2, 0.25) is 0 Å². The molecule has 0 saturated carbocycles. The highest BCUT2D eigenvalue weighted by atomic mass is 16.6. The molecule has 0 N–H and O–H groups in total. The van der Waals surface area contributed by atoms with Gasteiger partial charge in [-0.25, -0.2) is 9.59 Å². The van der Waals surface area contributed by atoms with Crippen LogP contribution in [0.25, 0.3) is 0 Å². The van der Waals surface area contributed by atoms with Gasteiger partial charge in [0, 0.05) is 24.0 Å². The zero-order valence-corrected chi connectivity index (χ0v) is 14.7. The minimum absolute atomic E-state index is 0.0186. The molecule has 3 aliphatic heterocycles. The van der Waals surface area contributed by atoms with Crippen LogP contribution in [0.5, 0.6) is 0 Å². The molecule has 0 aromatic heterocycles. The molecule has 3 rings (SSSR count). The third-order valence-electron chi connectivity index (χ3n) is 5.16. The normalized spacial score (nSPS) is 39.5. The standard InChI is InChI=1S/C19H22O6/c1-9(2)17(21)23-13-6-10(3)12-7-15(20)19(5,25-12)8-14-16(13)11(4)18(22)24-14/h6,12-14,16H,1,4,7-8H2,2-3,5H3/b10-6-/t12?,13-,14+,16+,19-/m1/s1. The molecule has 2 saturated heterocycles. The highest BCUT2D eigenvalue weighted by Crippen LogP contribution is 2.43. The molecular weight excluding hydrogens is 324 g/mol. The van der Waals surface area contributed by atoms with Gasteiger partial charge < -0.3 is 14.2 Å². The minimum Gasteiger partial charge on any atom is -0.458 e. The quantitative estimate of drug-likeness (QED) is 0.432. The molecule has 0 aromatic rings. The molecule has 0 amide bonds. The van der Waals surface area contributed by atoms with Crippen molar-refractivity contribution >= 4 is 17.7 Å². The molecule has 5 atom stereocenters. The third-order valence-corrected chi connectivity index (χ3v) is 5.16. The van der Waals surface area contributed by atoms with Crippen molar-refractivity contribution in [2.24, 2.45) is 5.92 Å². The van der Waals surface area contributed by atoms with Gasteiger partial charge in [0.05, 0.1) is 12.0 Å². The predicted octanol–water partition coefficient (Wildman–Crippen LogP) is 2.04. The van der Waals surface area contributed by atoms with E-state index in [9.17, 15) is 14.4 Å². The number of carbonyl (C=O) groups is 3. The number of hydrogen-bond donors (Lipinski definition) is 0. The van der Waals surface area contributed by atoms with Gasteiger partial charge in [-0.05, 0) is 32.4 Å². The van der Waals surface area contributed by atoms with Gasteiger partial charge in [-0.2, -0.15) is 0 Å². The molecule has 6 nitrogen and oxygen atoms in total. The smallest absolute Gasteiger partial charge is 0.334 e. The van der Waals surface area contributed by atoms with E-state index in [4.69, 9.17) is 14.2 Å². The molecule has 6 heteroatoms. The minimum atomic E-state index is -1.03. The molecule has 1 unspecified atom stereocenters. The summed E-state index contributed by atoms with van der Waals surface area (Å²) in [6, 6.07) is 0. The molecule has 0 spiro atoms. The molecule has 0 aliphatic carbocycles. The van der Waals surface area contributed by atoms with Crippen LogP contribution in [0.3, 0.4) is 0 Å². The van der Waals surface area contributed by atoms with Gasteiger partial charge in [-0.1, -0.05) is 13.2 Å². The number of ether oxygens (including phenoxy) is 3. The highest BCUT2D eigenvalue weighted by molar-refractivity contribution is 5.93. The summed E-state index contributed by atoms with van der Waals surface area (Å²) in [5.74, 6) is -1.66. The summed E-state index contributed by atoms with van der Waals surface area (Å²) < 4.78 is 17.0. The Labute approximate surface area is 146 Å². The average Bonchev–Trinajstić information content (AvgIpc) is 2.96. The number of ketones is 1. The summed E-state index contributed by atoms with van der Waals surface area (Å²) in [6.07, 6.45) is 0.464. The average molecular weight is 346 g/mol. The highest BCUT2D eigenvalue weighted by Gasteiger charge is 2.53. The van der Waals surface area contributed by atoms with Crippen molar-refractivity contribution in [3.63, 3.8) is 0 Å². The van der Waals surface area contributed by atoms with E-state index in [1.165, 1.54) is 0 Å². The number of esters is 2. The maximum absolute atomic E-state index is 12.4. The number of Topliss-reactive ketones (excluding diaryl/α,β-unsaturated/α-hetero) is 1. The fourth-order valence-electron chi connectivity index (χ4n) is 3.63. The Morgan fingerprint density at radius 1 is 1.40 bits per heavy atom. The lowest BCUT2D eigenvalue weighted by Gasteiger charge is -2.29. The SMILES string of the molecule is C=C(C)C(=O)O[C@@H]1/C=C(/C)C2CC(=O)[C@@](C)(C[C@@H]3OC(=O)C(=C)[C@H]31)O2. The van der Waals surface area contributed by atoms with Crippen molar-refractivity contribution < 1.29 is 28.6 Å². The summed E-state index contributed by atoms with van der Waals surface area (Å²) in [4.78, 5) is 36.6. The topological polar surface area (TPSA) is 78.9 Å². The van der Waals surface area contributed by atoms with E-state index in [2.05, 4.69) is 13.2 Å². The number of carbonyl (C=O) groups excluding carboxylic acids is 3. The maximum Gasteiger partial charge on any atom is 0.334 e. The maximum atomic E-state index is 12.4. The Morgan fingerprint density at radius 2 is 2.08 bits per heavy atom. The van der Waals surface area contributed by atoms with Crippen LogP contribution < -0.4 is 0 Å². The number of fused-ring (bicyclic) bond motifs is 3. The van der Waals surface area contributed by atoms with Gasteiger partial charge in [-0.3, -0.25) is 4.79 Å². The Balaban J connectivity index is 2.04. The number of rotatable bonds is 2. The van der Waals surface area contributed by atoms with E-state index < -0.39 is 35.7 Å². The Bertz CT molecular complexity index is 717. The lowest BCUT2D eigenvalue weighted by atomic mass is 9.82. The van der Waals surface area contributed by atoms with Crippen LogP contribution in [-0.2, 0) is 28.6 Å².